The molecule has 1 saturated heterocycles. The van der Waals surface area contributed by atoms with Gasteiger partial charge in [-0.2, -0.15) is 0 Å². The minimum absolute atomic E-state index is 0.611. The van der Waals surface area contributed by atoms with Crippen LogP contribution < -0.4 is 15.4 Å². The fraction of sp³-hybridized carbons (Fsp3) is 0.381. The SMILES string of the molecule is CCOc1ccc(NC(=S)NCc2ccccc2CN2CCOCC2)cc1. The van der Waals surface area contributed by atoms with Crippen molar-refractivity contribution in [1.29, 1.82) is 0 Å². The Balaban J connectivity index is 1.52. The van der Waals surface area contributed by atoms with Crippen LogP contribution in [0.5, 0.6) is 5.75 Å². The summed E-state index contributed by atoms with van der Waals surface area (Å²) in [5, 5.41) is 7.14. The van der Waals surface area contributed by atoms with E-state index in [1.165, 1.54) is 11.1 Å². The predicted octanol–water partition coefficient (Wildman–Crippen LogP) is 3.40. The number of rotatable bonds is 7. The first-order valence-corrected chi connectivity index (χ1v) is 9.80. The lowest BCUT2D eigenvalue weighted by Gasteiger charge is -2.27. The average Bonchev–Trinajstić information content (AvgIpc) is 2.70. The van der Waals surface area contributed by atoms with Gasteiger partial charge in [-0.1, -0.05) is 24.3 Å². The molecule has 1 heterocycles. The zero-order chi connectivity index (χ0) is 18.9. The fourth-order valence-electron chi connectivity index (χ4n) is 3.04. The van der Waals surface area contributed by atoms with E-state index < -0.39 is 0 Å². The molecule has 0 aliphatic carbocycles. The summed E-state index contributed by atoms with van der Waals surface area (Å²) in [7, 11) is 0. The van der Waals surface area contributed by atoms with Crippen molar-refractivity contribution in [3.05, 3.63) is 59.7 Å². The number of nitrogens with one attached hydrogen (secondary N) is 2. The molecule has 144 valence electrons. The van der Waals surface area contributed by atoms with E-state index in [1.54, 1.807) is 0 Å². The maximum atomic E-state index is 5.46. The lowest BCUT2D eigenvalue weighted by Crippen LogP contribution is -2.36. The second kappa shape index (κ2) is 10.3. The molecule has 0 atom stereocenters. The summed E-state index contributed by atoms with van der Waals surface area (Å²) < 4.78 is 10.9. The first-order valence-electron chi connectivity index (χ1n) is 9.39. The molecule has 1 aliphatic heterocycles. The van der Waals surface area contributed by atoms with E-state index in [4.69, 9.17) is 21.7 Å². The predicted molar refractivity (Wildman–Crippen MR) is 113 cm³/mol. The van der Waals surface area contributed by atoms with Crippen molar-refractivity contribution >= 4 is 23.0 Å². The largest absolute Gasteiger partial charge is 0.494 e. The van der Waals surface area contributed by atoms with Gasteiger partial charge in [0, 0.05) is 31.9 Å². The van der Waals surface area contributed by atoms with Crippen LogP contribution in [0.1, 0.15) is 18.1 Å². The van der Waals surface area contributed by atoms with Crippen LogP contribution in [0.15, 0.2) is 48.5 Å². The van der Waals surface area contributed by atoms with Crippen LogP contribution in [0.2, 0.25) is 0 Å². The van der Waals surface area contributed by atoms with Crippen molar-refractivity contribution in [3.63, 3.8) is 0 Å². The Bertz CT molecular complexity index is 730. The van der Waals surface area contributed by atoms with Crippen molar-refractivity contribution in [2.45, 2.75) is 20.0 Å². The van der Waals surface area contributed by atoms with E-state index in [0.717, 1.165) is 44.3 Å². The number of hydrogen-bond acceptors (Lipinski definition) is 4. The third-order valence-corrected chi connectivity index (χ3v) is 4.73. The molecule has 0 radical (unpaired) electrons. The molecule has 6 heteroatoms. The van der Waals surface area contributed by atoms with Crippen molar-refractivity contribution < 1.29 is 9.47 Å². The Hall–Kier alpha value is -2.15. The van der Waals surface area contributed by atoms with Crippen LogP contribution in [0.25, 0.3) is 0 Å². The molecule has 0 saturated carbocycles. The van der Waals surface area contributed by atoms with Gasteiger partial charge in [-0.15, -0.1) is 0 Å². The van der Waals surface area contributed by atoms with Crippen LogP contribution in [0.3, 0.4) is 0 Å². The molecule has 0 aromatic heterocycles. The molecule has 0 bridgehead atoms. The van der Waals surface area contributed by atoms with Gasteiger partial charge < -0.3 is 20.1 Å². The second-order valence-electron chi connectivity index (χ2n) is 6.42. The lowest BCUT2D eigenvalue weighted by atomic mass is 10.1. The molecule has 0 amide bonds. The number of nitrogens with zero attached hydrogens (tertiary/aromatic N) is 1. The van der Waals surface area contributed by atoms with Crippen LogP contribution in [-0.2, 0) is 17.8 Å². The van der Waals surface area contributed by atoms with Crippen LogP contribution in [-0.4, -0.2) is 42.9 Å². The highest BCUT2D eigenvalue weighted by Gasteiger charge is 2.12. The normalized spacial score (nSPS) is 14.6. The topological polar surface area (TPSA) is 45.8 Å². The molecule has 2 N–H and O–H groups in total. The average molecular weight is 386 g/mol. The van der Waals surface area contributed by atoms with Gasteiger partial charge in [0.15, 0.2) is 5.11 Å². The second-order valence-corrected chi connectivity index (χ2v) is 6.83. The molecule has 2 aromatic rings. The van der Waals surface area contributed by atoms with Gasteiger partial charge in [0.25, 0.3) is 0 Å². The lowest BCUT2D eigenvalue weighted by molar-refractivity contribution is 0.0341. The highest BCUT2D eigenvalue weighted by Crippen LogP contribution is 2.16. The molecule has 1 fully saturated rings. The molecule has 2 aromatic carbocycles. The van der Waals surface area contributed by atoms with Crippen LogP contribution in [0, 0.1) is 0 Å². The van der Waals surface area contributed by atoms with Crippen molar-refractivity contribution in [2.75, 3.05) is 38.2 Å². The molecular weight excluding hydrogens is 358 g/mol. The van der Waals surface area contributed by atoms with Gasteiger partial charge in [-0.05, 0) is 54.5 Å². The summed E-state index contributed by atoms with van der Waals surface area (Å²) in [6, 6.07) is 16.3. The Labute approximate surface area is 166 Å². The van der Waals surface area contributed by atoms with E-state index in [1.807, 2.05) is 31.2 Å². The minimum Gasteiger partial charge on any atom is -0.494 e. The quantitative estimate of drug-likeness (QED) is 0.713. The number of benzene rings is 2. The van der Waals surface area contributed by atoms with Gasteiger partial charge in [-0.3, -0.25) is 4.90 Å². The van der Waals surface area contributed by atoms with Crippen molar-refractivity contribution in [3.8, 4) is 5.75 Å². The van der Waals surface area contributed by atoms with Gasteiger partial charge in [-0.25, -0.2) is 0 Å². The van der Waals surface area contributed by atoms with Gasteiger partial charge in [0.05, 0.1) is 19.8 Å². The molecule has 0 unspecified atom stereocenters. The molecule has 0 spiro atoms. The number of ether oxygens (including phenoxy) is 2. The summed E-state index contributed by atoms with van der Waals surface area (Å²) in [5.74, 6) is 0.860. The molecule has 5 nitrogen and oxygen atoms in total. The first kappa shape index (κ1) is 19.6. The summed E-state index contributed by atoms with van der Waals surface area (Å²) in [6.45, 7) is 7.88. The van der Waals surface area contributed by atoms with E-state index in [-0.39, 0.29) is 0 Å². The summed E-state index contributed by atoms with van der Waals surface area (Å²) >= 11 is 5.44. The monoisotopic (exact) mass is 385 g/mol. The number of anilines is 1. The van der Waals surface area contributed by atoms with E-state index in [2.05, 4.69) is 39.8 Å². The third kappa shape index (κ3) is 6.20. The fourth-order valence-corrected chi connectivity index (χ4v) is 3.23. The third-order valence-electron chi connectivity index (χ3n) is 4.48. The molecule has 27 heavy (non-hydrogen) atoms. The Kier molecular flexibility index (Phi) is 7.45. The standard InChI is InChI=1S/C21H27N3O2S/c1-2-26-20-9-7-19(8-10-20)23-21(27)22-15-17-5-3-4-6-18(17)16-24-11-13-25-14-12-24/h3-10H,2,11-16H2,1H3,(H2,22,23,27). The summed E-state index contributed by atoms with van der Waals surface area (Å²) in [5.41, 5.74) is 3.54. The number of thiocarbonyl (C=S) groups is 1. The van der Waals surface area contributed by atoms with Crippen molar-refractivity contribution in [1.82, 2.24) is 10.2 Å². The number of hydrogen-bond donors (Lipinski definition) is 2. The summed E-state index contributed by atoms with van der Waals surface area (Å²) in [4.78, 5) is 2.43. The zero-order valence-electron chi connectivity index (χ0n) is 15.7. The van der Waals surface area contributed by atoms with E-state index in [9.17, 15) is 0 Å². The Morgan fingerprint density at radius 1 is 1.07 bits per heavy atom. The van der Waals surface area contributed by atoms with E-state index in [0.29, 0.717) is 18.3 Å². The van der Waals surface area contributed by atoms with Crippen LogP contribution >= 0.6 is 12.2 Å². The number of morpholine rings is 1. The highest BCUT2D eigenvalue weighted by molar-refractivity contribution is 7.80. The van der Waals surface area contributed by atoms with Gasteiger partial charge in [0.1, 0.15) is 5.75 Å². The zero-order valence-corrected chi connectivity index (χ0v) is 16.6. The maximum Gasteiger partial charge on any atom is 0.171 e. The molecular formula is C21H27N3O2S. The maximum absolute atomic E-state index is 5.46. The Morgan fingerprint density at radius 2 is 1.78 bits per heavy atom. The smallest absolute Gasteiger partial charge is 0.171 e. The van der Waals surface area contributed by atoms with E-state index >= 15 is 0 Å². The van der Waals surface area contributed by atoms with Gasteiger partial charge in [0.2, 0.25) is 0 Å². The van der Waals surface area contributed by atoms with Gasteiger partial charge >= 0.3 is 0 Å². The first-order chi connectivity index (χ1) is 13.2. The minimum atomic E-state index is 0.611. The van der Waals surface area contributed by atoms with Crippen LogP contribution in [0.4, 0.5) is 5.69 Å². The molecule has 3 rings (SSSR count). The molecule has 1 aliphatic rings. The Morgan fingerprint density at radius 3 is 2.48 bits per heavy atom. The summed E-state index contributed by atoms with van der Waals surface area (Å²) in [6.07, 6.45) is 0. The van der Waals surface area contributed by atoms with Crippen molar-refractivity contribution in [2.24, 2.45) is 0 Å². The highest BCUT2D eigenvalue weighted by atomic mass is 32.1.